The highest BCUT2D eigenvalue weighted by Gasteiger charge is 2.21. The molecule has 4 N–H and O–H groups in total. The molecular formula is C18H22N4O5S. The van der Waals surface area contributed by atoms with Gasteiger partial charge in [0.1, 0.15) is 16.7 Å². The second-order valence-corrected chi connectivity index (χ2v) is 6.77. The first-order valence-electron chi connectivity index (χ1n) is 8.58. The Balaban J connectivity index is 2.17. The molecule has 28 heavy (non-hydrogen) atoms. The maximum absolute atomic E-state index is 12.4. The van der Waals surface area contributed by atoms with Gasteiger partial charge >= 0.3 is 5.97 Å². The van der Waals surface area contributed by atoms with Crippen molar-refractivity contribution in [2.45, 2.75) is 30.7 Å². The van der Waals surface area contributed by atoms with Crippen LogP contribution in [0.25, 0.3) is 0 Å². The minimum Gasteiger partial charge on any atom is -0.494 e. The number of carbonyl (C=O) groups is 2. The number of ether oxygens (including phenoxy) is 2. The van der Waals surface area contributed by atoms with Gasteiger partial charge in [0.15, 0.2) is 11.0 Å². The number of nitrogens with two attached hydrogens (primary N) is 1. The van der Waals surface area contributed by atoms with Crippen molar-refractivity contribution in [1.82, 2.24) is 9.97 Å². The van der Waals surface area contributed by atoms with Crippen molar-refractivity contribution in [2.24, 2.45) is 0 Å². The Hall–Kier alpha value is -3.01. The van der Waals surface area contributed by atoms with E-state index >= 15 is 0 Å². The van der Waals surface area contributed by atoms with Crippen molar-refractivity contribution in [3.05, 3.63) is 40.2 Å². The third-order valence-corrected chi connectivity index (χ3v) is 4.91. The highest BCUT2D eigenvalue weighted by atomic mass is 32.2. The Kier molecular flexibility index (Phi) is 7.44. The Morgan fingerprint density at radius 3 is 2.50 bits per heavy atom. The Morgan fingerprint density at radius 2 is 1.96 bits per heavy atom. The minimum atomic E-state index is -0.617. The van der Waals surface area contributed by atoms with Crippen LogP contribution in [-0.2, 0) is 9.53 Å². The number of nitrogens with zero attached hydrogens (tertiary/aromatic N) is 1. The van der Waals surface area contributed by atoms with Crippen LogP contribution in [0.5, 0.6) is 5.75 Å². The molecule has 10 heteroatoms. The maximum atomic E-state index is 12.4. The fraction of sp³-hybridized carbons (Fsp3) is 0.333. The monoisotopic (exact) mass is 406 g/mol. The summed E-state index contributed by atoms with van der Waals surface area (Å²) >= 11 is 1.03. The number of nitrogens with one attached hydrogen (secondary N) is 2. The molecule has 1 amide bonds. The van der Waals surface area contributed by atoms with Crippen LogP contribution >= 0.6 is 11.8 Å². The largest absolute Gasteiger partial charge is 0.494 e. The molecule has 0 bridgehead atoms. The third kappa shape index (κ3) is 5.26. The zero-order valence-electron chi connectivity index (χ0n) is 15.8. The van der Waals surface area contributed by atoms with E-state index in [0.717, 1.165) is 11.8 Å². The predicted octanol–water partition coefficient (Wildman–Crippen LogP) is 2.05. The average Bonchev–Trinajstić information content (AvgIpc) is 2.69. The van der Waals surface area contributed by atoms with Gasteiger partial charge in [0.2, 0.25) is 0 Å². The third-order valence-electron chi connectivity index (χ3n) is 3.68. The molecule has 2 rings (SSSR count). The molecule has 1 aromatic heterocycles. The second-order valence-electron chi connectivity index (χ2n) is 5.58. The zero-order valence-corrected chi connectivity index (χ0v) is 16.6. The molecule has 0 aliphatic carbocycles. The number of nitrogen functional groups attached to an aromatic ring is 1. The van der Waals surface area contributed by atoms with E-state index in [9.17, 15) is 14.4 Å². The van der Waals surface area contributed by atoms with Gasteiger partial charge in [-0.15, -0.1) is 0 Å². The first kappa shape index (κ1) is 21.3. The Morgan fingerprint density at radius 1 is 1.29 bits per heavy atom. The van der Waals surface area contributed by atoms with E-state index in [1.54, 1.807) is 24.3 Å². The first-order valence-corrected chi connectivity index (χ1v) is 9.46. The number of aromatic nitrogens is 2. The summed E-state index contributed by atoms with van der Waals surface area (Å²) in [5.41, 5.74) is 5.40. The summed E-state index contributed by atoms with van der Waals surface area (Å²) in [7, 11) is 1.29. The molecule has 0 spiro atoms. The number of methoxy groups -OCH3 is 1. The highest BCUT2D eigenvalue weighted by Crippen LogP contribution is 2.24. The van der Waals surface area contributed by atoms with Crippen molar-refractivity contribution in [3.8, 4) is 5.75 Å². The number of carbonyl (C=O) groups excluding carboxylic acids is 2. The van der Waals surface area contributed by atoms with E-state index in [-0.39, 0.29) is 16.7 Å². The normalized spacial score (nSPS) is 11.5. The Labute approximate surface area is 166 Å². The van der Waals surface area contributed by atoms with Crippen LogP contribution < -0.4 is 21.3 Å². The number of hydrogen-bond acceptors (Lipinski definition) is 8. The lowest BCUT2D eigenvalue weighted by Crippen LogP contribution is -2.24. The van der Waals surface area contributed by atoms with E-state index in [1.807, 2.05) is 13.8 Å². The molecule has 2 aromatic rings. The second kappa shape index (κ2) is 9.79. The van der Waals surface area contributed by atoms with Gasteiger partial charge in [-0.05, 0) is 37.6 Å². The topological polar surface area (TPSA) is 136 Å². The molecule has 9 nitrogen and oxygen atoms in total. The minimum absolute atomic E-state index is 0.148. The van der Waals surface area contributed by atoms with Crippen LogP contribution in [0.2, 0.25) is 0 Å². The quantitative estimate of drug-likeness (QED) is 0.344. The summed E-state index contributed by atoms with van der Waals surface area (Å²) in [6, 6.07) is 6.46. The van der Waals surface area contributed by atoms with E-state index in [1.165, 1.54) is 7.11 Å². The number of amides is 1. The van der Waals surface area contributed by atoms with Gasteiger partial charge in [0.25, 0.3) is 11.5 Å². The van der Waals surface area contributed by atoms with Crippen molar-refractivity contribution < 1.29 is 19.1 Å². The van der Waals surface area contributed by atoms with Crippen LogP contribution in [0.15, 0.2) is 34.2 Å². The molecule has 1 heterocycles. The van der Waals surface area contributed by atoms with Crippen molar-refractivity contribution in [2.75, 3.05) is 24.8 Å². The van der Waals surface area contributed by atoms with Crippen molar-refractivity contribution in [1.29, 1.82) is 0 Å². The molecular weight excluding hydrogens is 384 g/mol. The highest BCUT2D eigenvalue weighted by molar-refractivity contribution is 8.00. The smallest absolute Gasteiger partial charge is 0.319 e. The van der Waals surface area contributed by atoms with E-state index in [0.29, 0.717) is 24.3 Å². The summed E-state index contributed by atoms with van der Waals surface area (Å²) in [4.78, 5) is 43.0. The Bertz CT molecular complexity index is 898. The van der Waals surface area contributed by atoms with E-state index in [2.05, 4.69) is 15.3 Å². The van der Waals surface area contributed by atoms with Crippen molar-refractivity contribution in [3.63, 3.8) is 0 Å². The van der Waals surface area contributed by atoms with Crippen LogP contribution in [0.1, 0.15) is 30.6 Å². The number of anilines is 2. The van der Waals surface area contributed by atoms with Crippen LogP contribution in [0, 0.1) is 0 Å². The molecule has 1 aromatic carbocycles. The zero-order chi connectivity index (χ0) is 20.7. The van der Waals surface area contributed by atoms with Gasteiger partial charge in [0, 0.05) is 5.56 Å². The molecule has 1 unspecified atom stereocenters. The predicted molar refractivity (Wildman–Crippen MR) is 107 cm³/mol. The molecule has 0 fully saturated rings. The fourth-order valence-corrected chi connectivity index (χ4v) is 3.20. The molecule has 0 saturated carbocycles. The van der Waals surface area contributed by atoms with Gasteiger partial charge in [0.05, 0.1) is 13.7 Å². The molecule has 0 radical (unpaired) electrons. The molecule has 1 atom stereocenters. The molecule has 150 valence electrons. The number of thioether (sulfide) groups is 1. The first-order chi connectivity index (χ1) is 13.4. The molecule has 0 aliphatic heterocycles. The number of H-pyrrole nitrogens is 1. The summed E-state index contributed by atoms with van der Waals surface area (Å²) in [5, 5.41) is 2.10. The summed E-state index contributed by atoms with van der Waals surface area (Å²) in [6.07, 6.45) is 0.483. The number of hydrogen-bond donors (Lipinski definition) is 3. The van der Waals surface area contributed by atoms with Gasteiger partial charge in [-0.2, -0.15) is 0 Å². The number of rotatable bonds is 8. The summed E-state index contributed by atoms with van der Waals surface area (Å²) in [6.45, 7) is 4.18. The number of benzene rings is 1. The lowest BCUT2D eigenvalue weighted by molar-refractivity contribution is -0.140. The van der Waals surface area contributed by atoms with Crippen molar-refractivity contribution >= 4 is 35.1 Å². The van der Waals surface area contributed by atoms with Crippen LogP contribution in [0.4, 0.5) is 11.5 Å². The molecule has 0 saturated heterocycles. The number of esters is 1. The van der Waals surface area contributed by atoms with Gasteiger partial charge < -0.3 is 20.5 Å². The van der Waals surface area contributed by atoms with Gasteiger partial charge in [-0.3, -0.25) is 19.4 Å². The fourth-order valence-electron chi connectivity index (χ4n) is 2.27. The average molecular weight is 406 g/mol. The van der Waals surface area contributed by atoms with Gasteiger partial charge in [-0.1, -0.05) is 18.7 Å². The standard InChI is InChI=1S/C18H22N4O5S/c1-4-12(17(25)26-3)28-18-21-14(19)13(16(24)22-18)20-15(23)10-6-8-11(9-7-10)27-5-2/h6-9,12H,4-5H2,1-3H3,(H,20,23)(H3,19,21,22,24). The van der Waals surface area contributed by atoms with Crippen LogP contribution in [-0.4, -0.2) is 40.8 Å². The SMILES string of the molecule is CCOc1ccc(C(=O)Nc2c(N)nc(SC(CC)C(=O)OC)[nH]c2=O)cc1. The summed E-state index contributed by atoms with van der Waals surface area (Å²) < 4.78 is 10.0. The van der Waals surface area contributed by atoms with Gasteiger partial charge in [-0.25, -0.2) is 4.98 Å². The summed E-state index contributed by atoms with van der Waals surface area (Å²) in [5.74, 6) is -0.453. The maximum Gasteiger partial charge on any atom is 0.319 e. The lowest BCUT2D eigenvalue weighted by Gasteiger charge is -2.12. The van der Waals surface area contributed by atoms with E-state index in [4.69, 9.17) is 15.2 Å². The van der Waals surface area contributed by atoms with Crippen LogP contribution in [0.3, 0.4) is 0 Å². The number of aromatic amines is 1. The lowest BCUT2D eigenvalue weighted by atomic mass is 10.2. The van der Waals surface area contributed by atoms with E-state index < -0.39 is 22.7 Å². The molecule has 0 aliphatic rings.